The quantitative estimate of drug-likeness (QED) is 0.792. The molecule has 1 heterocycles. The zero-order valence-electron chi connectivity index (χ0n) is 13.5. The molecule has 1 N–H and O–H groups in total. The summed E-state index contributed by atoms with van der Waals surface area (Å²) < 4.78 is 9.22. The maximum absolute atomic E-state index is 4.61. The summed E-state index contributed by atoms with van der Waals surface area (Å²) in [6.07, 6.45) is 7.35. The fourth-order valence-corrected chi connectivity index (χ4v) is 3.91. The average molecular weight is 288 g/mol. The third kappa shape index (κ3) is 5.54. The van der Waals surface area contributed by atoms with Crippen LogP contribution in [0.15, 0.2) is 0 Å². The molecule has 0 aromatic rings. The van der Waals surface area contributed by atoms with E-state index in [0.717, 1.165) is 17.9 Å². The molecule has 1 aliphatic heterocycles. The van der Waals surface area contributed by atoms with Crippen LogP contribution in [0.25, 0.3) is 0 Å². The van der Waals surface area contributed by atoms with E-state index in [-0.39, 0.29) is 0 Å². The zero-order chi connectivity index (χ0) is 14.3. The highest BCUT2D eigenvalue weighted by molar-refractivity contribution is 6.17. The second-order valence-electron chi connectivity index (χ2n) is 6.99. The Morgan fingerprint density at radius 3 is 2.16 bits per heavy atom. The van der Waals surface area contributed by atoms with Gasteiger partial charge in [-0.3, -0.25) is 0 Å². The van der Waals surface area contributed by atoms with Gasteiger partial charge in [-0.1, -0.05) is 40.0 Å². The number of fused-ring (bicyclic) bond motifs is 1. The van der Waals surface area contributed by atoms with Crippen LogP contribution >= 0.6 is 0 Å². The lowest BCUT2D eigenvalue weighted by molar-refractivity contribution is 0.0710. The van der Waals surface area contributed by atoms with Gasteiger partial charge in [-0.25, -0.2) is 0 Å². The van der Waals surface area contributed by atoms with Crippen molar-refractivity contribution in [2.24, 2.45) is 17.3 Å². The second kappa shape index (κ2) is 8.40. The molecule has 2 rings (SSSR count). The van der Waals surface area contributed by atoms with E-state index in [2.05, 4.69) is 34.9 Å². The van der Waals surface area contributed by atoms with E-state index in [9.17, 15) is 0 Å². The normalized spacial score (nSPS) is 31.1. The molecule has 0 aromatic carbocycles. The van der Waals surface area contributed by atoms with E-state index in [4.69, 9.17) is 0 Å². The molecule has 1 saturated heterocycles. The lowest BCUT2D eigenvalue weighted by Crippen LogP contribution is -2.53. The number of nitrogens with one attached hydrogen (secondary N) is 1. The van der Waals surface area contributed by atoms with Crippen molar-refractivity contribution >= 4 is 10.0 Å². The standard InChI is InChI=1S/C13H25N.C2H8O2Si/c1-13(2,3)12-11-7-5-4-6-10(11)8-9-14-12;1-3-5-4-2/h10-12,14H,4-9H2,1-3H3;5H2,1-2H3. The molecule has 3 atom stereocenters. The Balaban J connectivity index is 0.000000312. The van der Waals surface area contributed by atoms with Crippen molar-refractivity contribution in [2.45, 2.75) is 58.9 Å². The molecular formula is C15H33NO2Si. The molecule has 0 amide bonds. The van der Waals surface area contributed by atoms with Gasteiger partial charge in [0.15, 0.2) is 0 Å². The van der Waals surface area contributed by atoms with Crippen LogP contribution in [0.4, 0.5) is 0 Å². The van der Waals surface area contributed by atoms with E-state index in [1.165, 1.54) is 38.6 Å². The van der Waals surface area contributed by atoms with Crippen LogP contribution in [-0.4, -0.2) is 36.8 Å². The first kappa shape index (κ1) is 17.1. The average Bonchev–Trinajstić information content (AvgIpc) is 2.39. The smallest absolute Gasteiger partial charge is 0.303 e. The van der Waals surface area contributed by atoms with E-state index >= 15 is 0 Å². The Hall–Kier alpha value is 0.0969. The molecular weight excluding hydrogens is 254 g/mol. The molecule has 1 aliphatic carbocycles. The summed E-state index contributed by atoms with van der Waals surface area (Å²) in [6.45, 7) is 8.42. The van der Waals surface area contributed by atoms with E-state index < -0.39 is 10.0 Å². The Kier molecular flexibility index (Phi) is 7.58. The highest BCUT2D eigenvalue weighted by Crippen LogP contribution is 2.41. The Bertz CT molecular complexity index is 239. The maximum atomic E-state index is 4.61. The molecule has 3 nitrogen and oxygen atoms in total. The lowest BCUT2D eigenvalue weighted by Gasteiger charge is -2.47. The summed E-state index contributed by atoms with van der Waals surface area (Å²) in [5, 5.41) is 3.76. The first-order valence-electron chi connectivity index (χ1n) is 7.72. The van der Waals surface area contributed by atoms with Crippen LogP contribution in [0.5, 0.6) is 0 Å². The van der Waals surface area contributed by atoms with Gasteiger partial charge in [0.25, 0.3) is 0 Å². The summed E-state index contributed by atoms with van der Waals surface area (Å²) in [7, 11) is 2.73. The third-order valence-corrected chi connectivity index (χ3v) is 4.92. The highest BCUT2D eigenvalue weighted by atomic mass is 28.3. The Labute approximate surface area is 121 Å². The van der Waals surface area contributed by atoms with Crippen molar-refractivity contribution in [1.29, 1.82) is 0 Å². The lowest BCUT2D eigenvalue weighted by atomic mass is 9.65. The van der Waals surface area contributed by atoms with Gasteiger partial charge in [-0.15, -0.1) is 0 Å². The minimum atomic E-state index is -0.568. The summed E-state index contributed by atoms with van der Waals surface area (Å²) >= 11 is 0. The van der Waals surface area contributed by atoms with Crippen molar-refractivity contribution in [3.8, 4) is 0 Å². The summed E-state index contributed by atoms with van der Waals surface area (Å²) in [5.74, 6) is 2.01. The number of piperidine rings is 1. The minimum absolute atomic E-state index is 0.445. The predicted octanol–water partition coefficient (Wildman–Crippen LogP) is 2.48. The van der Waals surface area contributed by atoms with Crippen LogP contribution in [0.1, 0.15) is 52.9 Å². The fraction of sp³-hybridized carbons (Fsp3) is 1.00. The molecule has 0 aromatic heterocycles. The van der Waals surface area contributed by atoms with Crippen molar-refractivity contribution in [1.82, 2.24) is 5.32 Å². The van der Waals surface area contributed by atoms with Crippen LogP contribution in [-0.2, 0) is 8.85 Å². The summed E-state index contributed by atoms with van der Waals surface area (Å²) in [6, 6.07) is 0.765. The molecule has 3 unspecified atom stereocenters. The van der Waals surface area contributed by atoms with Gasteiger partial charge >= 0.3 is 10.0 Å². The minimum Gasteiger partial charge on any atom is -0.402 e. The number of hydrogen-bond donors (Lipinski definition) is 1. The second-order valence-corrected chi connectivity index (χ2v) is 8.38. The molecule has 4 heteroatoms. The molecule has 1 saturated carbocycles. The van der Waals surface area contributed by atoms with Crippen LogP contribution in [0, 0.1) is 17.3 Å². The van der Waals surface area contributed by atoms with Crippen molar-refractivity contribution < 1.29 is 8.85 Å². The largest absolute Gasteiger partial charge is 0.402 e. The van der Waals surface area contributed by atoms with E-state index in [1.54, 1.807) is 14.2 Å². The maximum Gasteiger partial charge on any atom is 0.303 e. The van der Waals surface area contributed by atoms with Gasteiger partial charge in [-0.05, 0) is 36.6 Å². The molecule has 0 spiro atoms. The summed E-state index contributed by atoms with van der Waals surface area (Å²) in [4.78, 5) is 0. The monoisotopic (exact) mass is 287 g/mol. The predicted molar refractivity (Wildman–Crippen MR) is 83.9 cm³/mol. The van der Waals surface area contributed by atoms with Crippen molar-refractivity contribution in [3.05, 3.63) is 0 Å². The van der Waals surface area contributed by atoms with Gasteiger partial charge in [0, 0.05) is 20.3 Å². The molecule has 2 fully saturated rings. The zero-order valence-corrected chi connectivity index (χ0v) is 14.9. The van der Waals surface area contributed by atoms with E-state index in [0.29, 0.717) is 5.41 Å². The van der Waals surface area contributed by atoms with Crippen molar-refractivity contribution in [2.75, 3.05) is 20.8 Å². The fourth-order valence-electron chi connectivity index (χ4n) is 3.68. The van der Waals surface area contributed by atoms with Gasteiger partial charge in [0.05, 0.1) is 0 Å². The molecule has 19 heavy (non-hydrogen) atoms. The van der Waals surface area contributed by atoms with Crippen LogP contribution < -0.4 is 5.32 Å². The van der Waals surface area contributed by atoms with Crippen molar-refractivity contribution in [3.63, 3.8) is 0 Å². The first-order valence-corrected chi connectivity index (χ1v) is 8.87. The summed E-state index contributed by atoms with van der Waals surface area (Å²) in [5.41, 5.74) is 0.445. The Morgan fingerprint density at radius 1 is 1.00 bits per heavy atom. The van der Waals surface area contributed by atoms with Crippen LogP contribution in [0.3, 0.4) is 0 Å². The SMILES string of the molecule is CC(C)(C)C1NCCC2CCCCC21.CO[SiH2]OC. The van der Waals surface area contributed by atoms with Crippen LogP contribution in [0.2, 0.25) is 0 Å². The topological polar surface area (TPSA) is 30.5 Å². The van der Waals surface area contributed by atoms with Gasteiger partial charge < -0.3 is 14.2 Å². The van der Waals surface area contributed by atoms with Gasteiger partial charge in [0.2, 0.25) is 0 Å². The first-order chi connectivity index (χ1) is 9.00. The molecule has 0 radical (unpaired) electrons. The Morgan fingerprint density at radius 2 is 1.63 bits per heavy atom. The number of rotatable bonds is 2. The third-order valence-electron chi connectivity index (χ3n) is 4.44. The highest BCUT2D eigenvalue weighted by Gasteiger charge is 2.39. The van der Waals surface area contributed by atoms with Gasteiger partial charge in [-0.2, -0.15) is 0 Å². The van der Waals surface area contributed by atoms with Gasteiger partial charge in [0.1, 0.15) is 0 Å². The molecule has 114 valence electrons. The van der Waals surface area contributed by atoms with E-state index in [1.807, 2.05) is 0 Å². The number of hydrogen-bond acceptors (Lipinski definition) is 3. The molecule has 0 bridgehead atoms. The molecule has 2 aliphatic rings.